The van der Waals surface area contributed by atoms with E-state index in [9.17, 15) is 29.4 Å². The molecule has 5 saturated carbocycles. The van der Waals surface area contributed by atoms with Gasteiger partial charge >= 0.3 is 17.9 Å². The average molecular weight is 625 g/mol. The molecule has 0 spiro atoms. The van der Waals surface area contributed by atoms with Crippen molar-refractivity contribution in [1.82, 2.24) is 0 Å². The first-order valence-corrected chi connectivity index (χ1v) is 17.8. The molecule has 2 N–H and O–H groups in total. The maximum atomic E-state index is 14.6. The van der Waals surface area contributed by atoms with Gasteiger partial charge in [0.05, 0.1) is 17.3 Å². The van der Waals surface area contributed by atoms with E-state index in [2.05, 4.69) is 41.5 Å². The third kappa shape index (κ3) is 4.54. The summed E-state index contributed by atoms with van der Waals surface area (Å²) in [4.78, 5) is 52.4. The van der Waals surface area contributed by atoms with Crippen molar-refractivity contribution >= 4 is 23.7 Å². The van der Waals surface area contributed by atoms with Gasteiger partial charge in [-0.25, -0.2) is 0 Å². The lowest BCUT2D eigenvalue weighted by atomic mass is 9.33. The Morgan fingerprint density at radius 2 is 1.44 bits per heavy atom. The third-order valence-electron chi connectivity index (χ3n) is 15.7. The highest BCUT2D eigenvalue weighted by molar-refractivity contribution is 5.95. The van der Waals surface area contributed by atoms with Crippen molar-refractivity contribution in [3.8, 4) is 0 Å². The topological polar surface area (TPSA) is 118 Å². The summed E-state index contributed by atoms with van der Waals surface area (Å²) in [7, 11) is 0. The van der Waals surface area contributed by atoms with Crippen LogP contribution >= 0.6 is 0 Å². The summed E-state index contributed by atoms with van der Waals surface area (Å²) in [6.45, 7) is 15.7. The first kappa shape index (κ1) is 32.7. The number of esters is 1. The largest absolute Gasteiger partial charge is 0.481 e. The number of carbonyl (C=O) groups excluding carboxylic acids is 2. The summed E-state index contributed by atoms with van der Waals surface area (Å²) in [5.41, 5.74) is -0.576. The average Bonchev–Trinajstić information content (AvgIpc) is 2.96. The van der Waals surface area contributed by atoms with Gasteiger partial charge in [0.15, 0.2) is 5.78 Å². The molecule has 7 nitrogen and oxygen atoms in total. The number of ether oxygens (including phenoxy) is 1. The van der Waals surface area contributed by atoms with Gasteiger partial charge in [-0.1, -0.05) is 60.0 Å². The molecule has 6 aliphatic carbocycles. The summed E-state index contributed by atoms with van der Waals surface area (Å²) in [5.74, 6) is -2.91. The second-order valence-corrected chi connectivity index (χ2v) is 18.2. The molecule has 0 radical (unpaired) electrons. The molecule has 0 heterocycles. The van der Waals surface area contributed by atoms with Crippen molar-refractivity contribution in [2.75, 3.05) is 0 Å². The van der Waals surface area contributed by atoms with E-state index < -0.39 is 29.2 Å². The minimum absolute atomic E-state index is 0.0206. The van der Waals surface area contributed by atoms with Gasteiger partial charge in [0.2, 0.25) is 0 Å². The highest BCUT2D eigenvalue weighted by Crippen LogP contribution is 2.75. The van der Waals surface area contributed by atoms with Crippen molar-refractivity contribution < 1.29 is 34.1 Å². The lowest BCUT2D eigenvalue weighted by Gasteiger charge is -2.70. The molecule has 6 aliphatic rings. The first-order valence-electron chi connectivity index (χ1n) is 17.8. The van der Waals surface area contributed by atoms with E-state index in [1.807, 2.05) is 13.0 Å². The van der Waals surface area contributed by atoms with Crippen molar-refractivity contribution in [3.05, 3.63) is 11.6 Å². The number of carboxylic acid groups (broad SMARTS) is 2. The number of fused-ring (bicyclic) bond motifs is 7. The molecular formula is C38H56O7. The fourth-order valence-electron chi connectivity index (χ4n) is 12.5. The van der Waals surface area contributed by atoms with Gasteiger partial charge in [-0.05, 0) is 117 Å². The molecule has 7 heteroatoms. The molecule has 0 bridgehead atoms. The Balaban J connectivity index is 1.30. The number of ketones is 1. The van der Waals surface area contributed by atoms with Crippen molar-refractivity contribution in [1.29, 1.82) is 0 Å². The first-order chi connectivity index (χ1) is 20.8. The van der Waals surface area contributed by atoms with Gasteiger partial charge in [0, 0.05) is 11.3 Å². The van der Waals surface area contributed by atoms with E-state index in [1.54, 1.807) is 0 Å². The minimum Gasteiger partial charge on any atom is -0.481 e. The molecule has 0 aliphatic heterocycles. The standard InChI is InChI=1S/C38H56O7/c1-33(2)27-12-15-38(7)29(36(27,5)14-13-28(33)45-31(42)23-11-9-8-10-22(23)30(40)41)26(39)20-24-25-21-35(4,32(43)44)17-16-34(25,3)18-19-37(24,38)6/h20,22-23,25,27-29H,8-19,21H2,1-7H3,(H,40,41)(H,43,44)/t22?,23?,25-,27-,28-,29+,34+,35-,36-,37+,38+/m0/s1. The van der Waals surface area contributed by atoms with Crippen LogP contribution in [0.2, 0.25) is 0 Å². The van der Waals surface area contributed by atoms with Gasteiger partial charge in [0.1, 0.15) is 6.10 Å². The molecular weight excluding hydrogens is 568 g/mol. The van der Waals surface area contributed by atoms with Crippen LogP contribution in [-0.4, -0.2) is 40.0 Å². The van der Waals surface area contributed by atoms with Crippen LogP contribution in [0.3, 0.4) is 0 Å². The van der Waals surface area contributed by atoms with Gasteiger partial charge in [-0.15, -0.1) is 0 Å². The number of aliphatic carboxylic acids is 2. The zero-order chi connectivity index (χ0) is 33.0. The van der Waals surface area contributed by atoms with Crippen LogP contribution in [0.5, 0.6) is 0 Å². The van der Waals surface area contributed by atoms with Crippen molar-refractivity contribution in [2.24, 2.45) is 62.1 Å². The Labute approximate surface area is 269 Å². The monoisotopic (exact) mass is 624 g/mol. The van der Waals surface area contributed by atoms with Gasteiger partial charge in [0.25, 0.3) is 0 Å². The van der Waals surface area contributed by atoms with Crippen LogP contribution in [0.4, 0.5) is 0 Å². The normalized spacial score (nSPS) is 48.9. The minimum atomic E-state index is -0.903. The van der Waals surface area contributed by atoms with Crippen LogP contribution in [0.25, 0.3) is 0 Å². The van der Waals surface area contributed by atoms with Crippen molar-refractivity contribution in [3.63, 3.8) is 0 Å². The quantitative estimate of drug-likeness (QED) is 0.306. The van der Waals surface area contributed by atoms with Crippen LogP contribution in [0.1, 0.15) is 132 Å². The zero-order valence-corrected chi connectivity index (χ0v) is 28.7. The number of hydrogen-bond acceptors (Lipinski definition) is 5. The van der Waals surface area contributed by atoms with E-state index in [0.717, 1.165) is 51.4 Å². The number of carboxylic acids is 2. The van der Waals surface area contributed by atoms with Crippen LogP contribution < -0.4 is 0 Å². The van der Waals surface area contributed by atoms with Crippen molar-refractivity contribution in [2.45, 2.75) is 138 Å². The number of carbonyl (C=O) groups is 4. The highest BCUT2D eigenvalue weighted by Gasteiger charge is 2.70. The highest BCUT2D eigenvalue weighted by atomic mass is 16.5. The third-order valence-corrected chi connectivity index (χ3v) is 15.7. The lowest BCUT2D eigenvalue weighted by molar-refractivity contribution is -0.213. The maximum Gasteiger partial charge on any atom is 0.310 e. The van der Waals surface area contributed by atoms with Crippen LogP contribution in [-0.2, 0) is 23.9 Å². The number of hydrogen-bond donors (Lipinski definition) is 2. The SMILES string of the molecule is CC1(C)[C@@H](OC(=O)C2CCCCC2C(=O)O)CC[C@]2(C)[C@H]3C(=O)C=C4[C@@H]5C[C@@](C)(C(=O)O)CC[C@]5(C)CC[C@@]4(C)[C@]3(C)CC[C@@H]12. The number of rotatable bonds is 4. The van der Waals surface area contributed by atoms with Gasteiger partial charge in [-0.2, -0.15) is 0 Å². The molecule has 250 valence electrons. The van der Waals surface area contributed by atoms with E-state index >= 15 is 0 Å². The molecule has 0 amide bonds. The summed E-state index contributed by atoms with van der Waals surface area (Å²) in [5, 5.41) is 20.0. The Kier molecular flexibility index (Phi) is 7.58. The predicted molar refractivity (Wildman–Crippen MR) is 170 cm³/mol. The zero-order valence-electron chi connectivity index (χ0n) is 28.7. The maximum absolute atomic E-state index is 14.6. The van der Waals surface area contributed by atoms with Crippen LogP contribution in [0, 0.1) is 62.1 Å². The molecule has 0 aromatic rings. The molecule has 45 heavy (non-hydrogen) atoms. The number of allylic oxidation sites excluding steroid dienone is 2. The Bertz CT molecular complexity index is 1330. The Hall–Kier alpha value is -2.18. The molecule has 2 unspecified atom stereocenters. The van der Waals surface area contributed by atoms with E-state index in [0.29, 0.717) is 32.1 Å². The molecule has 0 saturated heterocycles. The lowest BCUT2D eigenvalue weighted by Crippen LogP contribution is -2.66. The molecule has 0 aromatic heterocycles. The fraction of sp³-hybridized carbons (Fsp3) is 0.842. The van der Waals surface area contributed by atoms with E-state index in [1.165, 1.54) is 5.57 Å². The second kappa shape index (κ2) is 10.4. The Morgan fingerprint density at radius 3 is 2.09 bits per heavy atom. The predicted octanol–water partition coefficient (Wildman–Crippen LogP) is 7.85. The van der Waals surface area contributed by atoms with Gasteiger partial charge < -0.3 is 14.9 Å². The van der Waals surface area contributed by atoms with E-state index in [4.69, 9.17) is 4.74 Å². The fourth-order valence-corrected chi connectivity index (χ4v) is 12.5. The smallest absolute Gasteiger partial charge is 0.310 e. The summed E-state index contributed by atoms with van der Waals surface area (Å²) in [6, 6.07) is 0. The second-order valence-electron chi connectivity index (χ2n) is 18.2. The summed E-state index contributed by atoms with van der Waals surface area (Å²) in [6.07, 6.45) is 12.0. The van der Waals surface area contributed by atoms with Crippen LogP contribution in [0.15, 0.2) is 11.6 Å². The van der Waals surface area contributed by atoms with Gasteiger partial charge in [-0.3, -0.25) is 19.2 Å². The summed E-state index contributed by atoms with van der Waals surface area (Å²) >= 11 is 0. The molecule has 0 aromatic carbocycles. The summed E-state index contributed by atoms with van der Waals surface area (Å²) < 4.78 is 6.28. The Morgan fingerprint density at radius 1 is 0.800 bits per heavy atom. The molecule has 6 rings (SSSR count). The molecule has 5 fully saturated rings. The molecule has 11 atom stereocenters. The van der Waals surface area contributed by atoms with E-state index in [-0.39, 0.29) is 62.7 Å².